The van der Waals surface area contributed by atoms with Crippen molar-refractivity contribution in [1.29, 1.82) is 0 Å². The van der Waals surface area contributed by atoms with Gasteiger partial charge in [-0.1, -0.05) is 0 Å². The largest absolute Gasteiger partial charge is 0.465 e. The van der Waals surface area contributed by atoms with Crippen molar-refractivity contribution in [3.63, 3.8) is 0 Å². The molecule has 0 spiro atoms. The van der Waals surface area contributed by atoms with E-state index in [0.29, 0.717) is 37.7 Å². The highest BCUT2D eigenvalue weighted by Crippen LogP contribution is 2.20. The van der Waals surface area contributed by atoms with Crippen molar-refractivity contribution in [2.75, 3.05) is 38.3 Å². The fourth-order valence-electron chi connectivity index (χ4n) is 1.62. The molecule has 0 radical (unpaired) electrons. The molecule has 1 aliphatic rings. The van der Waals surface area contributed by atoms with Crippen LogP contribution in [0.15, 0.2) is 6.20 Å². The highest BCUT2D eigenvalue weighted by Gasteiger charge is 2.21. The smallest absolute Gasteiger partial charge is 0.343 e. The number of aromatic nitrogens is 2. The lowest BCUT2D eigenvalue weighted by atomic mass is 10.2. The molecule has 0 aromatic carbocycles. The number of ether oxygens (including phenoxy) is 2. The SMILES string of the molecule is COC(=O)c1cnc(Cl)nc1N1CCOCC1. The number of halogens is 1. The Morgan fingerprint density at radius 1 is 1.53 bits per heavy atom. The van der Waals surface area contributed by atoms with E-state index in [9.17, 15) is 4.79 Å². The normalized spacial score (nSPS) is 15.8. The van der Waals surface area contributed by atoms with Crippen molar-refractivity contribution < 1.29 is 14.3 Å². The van der Waals surface area contributed by atoms with E-state index in [1.807, 2.05) is 4.90 Å². The number of hydrogen-bond acceptors (Lipinski definition) is 6. The van der Waals surface area contributed by atoms with Gasteiger partial charge in [-0.25, -0.2) is 9.78 Å². The molecule has 1 aromatic rings. The highest BCUT2D eigenvalue weighted by atomic mass is 35.5. The molecule has 0 amide bonds. The zero-order chi connectivity index (χ0) is 12.3. The Balaban J connectivity index is 2.35. The summed E-state index contributed by atoms with van der Waals surface area (Å²) >= 11 is 5.75. The van der Waals surface area contributed by atoms with E-state index in [4.69, 9.17) is 16.3 Å². The van der Waals surface area contributed by atoms with Crippen molar-refractivity contribution >= 4 is 23.4 Å². The van der Waals surface area contributed by atoms with Crippen molar-refractivity contribution in [2.45, 2.75) is 0 Å². The van der Waals surface area contributed by atoms with Gasteiger partial charge in [0.1, 0.15) is 11.4 Å². The molecule has 0 unspecified atom stereocenters. The van der Waals surface area contributed by atoms with Gasteiger partial charge in [-0.2, -0.15) is 4.98 Å². The highest BCUT2D eigenvalue weighted by molar-refractivity contribution is 6.28. The summed E-state index contributed by atoms with van der Waals surface area (Å²) < 4.78 is 9.93. The Bertz CT molecular complexity index is 421. The van der Waals surface area contributed by atoms with Crippen LogP contribution in [-0.4, -0.2) is 49.4 Å². The quantitative estimate of drug-likeness (QED) is 0.576. The van der Waals surface area contributed by atoms with Gasteiger partial charge >= 0.3 is 5.97 Å². The number of methoxy groups -OCH3 is 1. The molecular formula is C10H12ClN3O3. The van der Waals surface area contributed by atoms with Crippen LogP contribution < -0.4 is 4.90 Å². The van der Waals surface area contributed by atoms with Gasteiger partial charge in [0.25, 0.3) is 0 Å². The average molecular weight is 258 g/mol. The monoisotopic (exact) mass is 257 g/mol. The van der Waals surface area contributed by atoms with Crippen molar-refractivity contribution in [2.24, 2.45) is 0 Å². The van der Waals surface area contributed by atoms with Crippen LogP contribution >= 0.6 is 11.6 Å². The standard InChI is InChI=1S/C10H12ClN3O3/c1-16-9(15)7-6-12-10(11)13-8(7)14-2-4-17-5-3-14/h6H,2-5H2,1H3. The molecule has 2 heterocycles. The third kappa shape index (κ3) is 2.65. The molecular weight excluding hydrogens is 246 g/mol. The molecule has 6 nitrogen and oxygen atoms in total. The first kappa shape index (κ1) is 12.1. The number of esters is 1. The van der Waals surface area contributed by atoms with E-state index in [-0.39, 0.29) is 5.28 Å². The van der Waals surface area contributed by atoms with Crippen LogP contribution in [0.3, 0.4) is 0 Å². The van der Waals surface area contributed by atoms with Gasteiger partial charge in [-0.3, -0.25) is 0 Å². The predicted molar refractivity (Wildman–Crippen MR) is 61.4 cm³/mol. The first-order chi connectivity index (χ1) is 8.22. The van der Waals surface area contributed by atoms with Crippen molar-refractivity contribution in [3.8, 4) is 0 Å². The van der Waals surface area contributed by atoms with E-state index >= 15 is 0 Å². The maximum Gasteiger partial charge on any atom is 0.343 e. The lowest BCUT2D eigenvalue weighted by Crippen LogP contribution is -2.38. The van der Waals surface area contributed by atoms with E-state index < -0.39 is 5.97 Å². The molecule has 2 rings (SSSR count). The van der Waals surface area contributed by atoms with Crippen LogP contribution in [0.25, 0.3) is 0 Å². The zero-order valence-electron chi connectivity index (χ0n) is 9.35. The molecule has 0 atom stereocenters. The number of carbonyl (C=O) groups excluding carboxylic acids is 1. The number of rotatable bonds is 2. The maximum atomic E-state index is 11.6. The van der Waals surface area contributed by atoms with Gasteiger partial charge in [0.2, 0.25) is 5.28 Å². The van der Waals surface area contributed by atoms with Gasteiger partial charge in [-0.05, 0) is 11.6 Å². The van der Waals surface area contributed by atoms with Crippen LogP contribution in [0.4, 0.5) is 5.82 Å². The molecule has 1 aromatic heterocycles. The van der Waals surface area contributed by atoms with Gasteiger partial charge in [0, 0.05) is 19.3 Å². The van der Waals surface area contributed by atoms with Crippen LogP contribution in [0, 0.1) is 0 Å². The number of carbonyl (C=O) groups is 1. The maximum absolute atomic E-state index is 11.6. The molecule has 0 bridgehead atoms. The van der Waals surface area contributed by atoms with Gasteiger partial charge in [0.05, 0.1) is 20.3 Å². The number of hydrogen-bond donors (Lipinski definition) is 0. The fourth-order valence-corrected chi connectivity index (χ4v) is 1.75. The summed E-state index contributed by atoms with van der Waals surface area (Å²) in [6.07, 6.45) is 1.38. The number of anilines is 1. The Morgan fingerprint density at radius 3 is 2.88 bits per heavy atom. The summed E-state index contributed by atoms with van der Waals surface area (Å²) in [6.45, 7) is 2.53. The lowest BCUT2D eigenvalue weighted by Gasteiger charge is -2.28. The summed E-state index contributed by atoms with van der Waals surface area (Å²) in [7, 11) is 1.32. The minimum absolute atomic E-state index is 0.110. The minimum atomic E-state index is -0.469. The number of nitrogens with zero attached hydrogens (tertiary/aromatic N) is 3. The second kappa shape index (κ2) is 5.29. The Hall–Kier alpha value is -1.40. The van der Waals surface area contributed by atoms with Crippen molar-refractivity contribution in [3.05, 3.63) is 17.0 Å². The third-order valence-electron chi connectivity index (χ3n) is 2.46. The van der Waals surface area contributed by atoms with Gasteiger partial charge in [-0.15, -0.1) is 0 Å². The van der Waals surface area contributed by atoms with Crippen LogP contribution in [0.5, 0.6) is 0 Å². The topological polar surface area (TPSA) is 64.5 Å². The summed E-state index contributed by atoms with van der Waals surface area (Å²) in [5.74, 6) is 0.0308. The van der Waals surface area contributed by atoms with E-state index in [0.717, 1.165) is 0 Å². The molecule has 0 saturated carbocycles. The molecule has 0 aliphatic carbocycles. The average Bonchev–Trinajstić information content (AvgIpc) is 2.39. The number of morpholine rings is 1. The van der Waals surface area contributed by atoms with Crippen molar-refractivity contribution in [1.82, 2.24) is 9.97 Å². The molecule has 7 heteroatoms. The summed E-state index contributed by atoms with van der Waals surface area (Å²) in [5, 5.41) is 0.110. The van der Waals surface area contributed by atoms with E-state index in [1.165, 1.54) is 13.3 Å². The molecule has 1 aliphatic heterocycles. The van der Waals surface area contributed by atoms with Gasteiger partial charge < -0.3 is 14.4 Å². The van der Waals surface area contributed by atoms with E-state index in [1.54, 1.807) is 0 Å². The first-order valence-electron chi connectivity index (χ1n) is 5.16. The van der Waals surface area contributed by atoms with Gasteiger partial charge in [0.15, 0.2) is 0 Å². The molecule has 92 valence electrons. The summed E-state index contributed by atoms with van der Waals surface area (Å²) in [4.78, 5) is 21.4. The van der Waals surface area contributed by atoms with Crippen LogP contribution in [0.1, 0.15) is 10.4 Å². The third-order valence-corrected chi connectivity index (χ3v) is 2.64. The summed E-state index contributed by atoms with van der Waals surface area (Å²) in [5.41, 5.74) is 0.318. The minimum Gasteiger partial charge on any atom is -0.465 e. The Kier molecular flexibility index (Phi) is 3.75. The molecule has 0 N–H and O–H groups in total. The first-order valence-corrected chi connectivity index (χ1v) is 5.53. The molecule has 1 saturated heterocycles. The molecule has 1 fully saturated rings. The zero-order valence-corrected chi connectivity index (χ0v) is 10.1. The summed E-state index contributed by atoms with van der Waals surface area (Å²) in [6, 6.07) is 0. The second-order valence-corrected chi connectivity index (χ2v) is 3.81. The molecule has 17 heavy (non-hydrogen) atoms. The van der Waals surface area contributed by atoms with Crippen LogP contribution in [0.2, 0.25) is 5.28 Å². The fraction of sp³-hybridized carbons (Fsp3) is 0.500. The van der Waals surface area contributed by atoms with Crippen LogP contribution in [-0.2, 0) is 9.47 Å². The second-order valence-electron chi connectivity index (χ2n) is 3.47. The predicted octanol–water partition coefficient (Wildman–Crippen LogP) is 0.753. The van der Waals surface area contributed by atoms with E-state index in [2.05, 4.69) is 14.7 Å². The Morgan fingerprint density at radius 2 is 2.24 bits per heavy atom. The lowest BCUT2D eigenvalue weighted by molar-refractivity contribution is 0.0599. The Labute approximate surface area is 104 Å².